The Morgan fingerprint density at radius 3 is 2.65 bits per heavy atom. The summed E-state index contributed by atoms with van der Waals surface area (Å²) in [6.07, 6.45) is 2.92. The van der Waals surface area contributed by atoms with E-state index in [2.05, 4.69) is 4.36 Å². The van der Waals surface area contributed by atoms with Crippen molar-refractivity contribution in [1.29, 1.82) is 0 Å². The summed E-state index contributed by atoms with van der Waals surface area (Å²) in [7, 11) is -2.39. The molecule has 0 aliphatic rings. The van der Waals surface area contributed by atoms with Gasteiger partial charge in [-0.15, -0.1) is 11.3 Å². The van der Waals surface area contributed by atoms with Crippen LogP contribution in [0.5, 0.6) is 0 Å². The smallest absolute Gasteiger partial charge is 0.265 e. The first-order valence-electron chi connectivity index (χ1n) is 5.07. The van der Waals surface area contributed by atoms with E-state index in [0.717, 1.165) is 15.6 Å². The molecule has 0 aliphatic heterocycles. The second-order valence-electron chi connectivity index (χ2n) is 4.18. The fourth-order valence-electron chi connectivity index (χ4n) is 1.56. The molecule has 1 amide bonds. The fourth-order valence-corrected chi connectivity index (χ4v) is 3.13. The van der Waals surface area contributed by atoms with Gasteiger partial charge in [-0.3, -0.25) is 4.79 Å². The Bertz CT molecular complexity index is 698. The van der Waals surface area contributed by atoms with Crippen LogP contribution in [0.25, 0.3) is 10.1 Å². The third-order valence-electron chi connectivity index (χ3n) is 2.25. The highest BCUT2D eigenvalue weighted by Gasteiger charge is 2.11. The number of hydrogen-bond acceptors (Lipinski definition) is 3. The zero-order chi connectivity index (χ0) is 12.6. The molecule has 5 heteroatoms. The maximum absolute atomic E-state index is 11.8. The van der Waals surface area contributed by atoms with Crippen LogP contribution in [0.2, 0.25) is 0 Å². The highest BCUT2D eigenvalue weighted by molar-refractivity contribution is 7.92. The van der Waals surface area contributed by atoms with Crippen LogP contribution in [0.3, 0.4) is 0 Å². The second-order valence-corrected chi connectivity index (χ2v) is 7.78. The number of hydrogen-bond donors (Lipinski definition) is 0. The van der Waals surface area contributed by atoms with Gasteiger partial charge in [-0.05, 0) is 23.9 Å². The molecule has 0 radical (unpaired) electrons. The summed E-state index contributed by atoms with van der Waals surface area (Å²) < 4.78 is 16.3. The largest absolute Gasteiger partial charge is 0.295 e. The first kappa shape index (κ1) is 12.3. The topological polar surface area (TPSA) is 46.5 Å². The molecule has 0 unspecified atom stereocenters. The highest BCUT2D eigenvalue weighted by Crippen LogP contribution is 2.28. The standard InChI is InChI=1S/C12H13NO2S2/c1-8-5-4-6-9-7-10(16-11(8)9)12(14)13-17(2,3)15/h4-7H,1-3H3. The first-order chi connectivity index (χ1) is 7.87. The van der Waals surface area contributed by atoms with Crippen LogP contribution in [0.4, 0.5) is 0 Å². The van der Waals surface area contributed by atoms with Gasteiger partial charge in [-0.1, -0.05) is 18.2 Å². The SMILES string of the molecule is Cc1cccc2cc(C(=O)N=S(C)(C)=O)sc12. The number of aryl methyl sites for hydroxylation is 1. The highest BCUT2D eigenvalue weighted by atomic mass is 32.2. The van der Waals surface area contributed by atoms with Gasteiger partial charge in [0.15, 0.2) is 0 Å². The van der Waals surface area contributed by atoms with Crippen LogP contribution in [0.1, 0.15) is 15.2 Å². The predicted octanol–water partition coefficient (Wildman–Crippen LogP) is 3.08. The summed E-state index contributed by atoms with van der Waals surface area (Å²) in [4.78, 5) is 12.4. The van der Waals surface area contributed by atoms with Crippen molar-refractivity contribution < 1.29 is 9.00 Å². The lowest BCUT2D eigenvalue weighted by Crippen LogP contribution is -1.98. The molecule has 0 fully saturated rings. The van der Waals surface area contributed by atoms with Gasteiger partial charge in [0, 0.05) is 26.9 Å². The summed E-state index contributed by atoms with van der Waals surface area (Å²) in [6, 6.07) is 7.74. The van der Waals surface area contributed by atoms with Crippen molar-refractivity contribution >= 4 is 37.1 Å². The molecule has 1 heterocycles. The van der Waals surface area contributed by atoms with Crippen LogP contribution in [0, 0.1) is 6.92 Å². The van der Waals surface area contributed by atoms with Gasteiger partial charge in [-0.2, -0.15) is 4.36 Å². The number of rotatable bonds is 1. The number of carbonyl (C=O) groups is 1. The molecule has 0 N–H and O–H groups in total. The van der Waals surface area contributed by atoms with Gasteiger partial charge >= 0.3 is 0 Å². The number of nitrogens with zero attached hydrogens (tertiary/aromatic N) is 1. The summed E-state index contributed by atoms with van der Waals surface area (Å²) in [6.45, 7) is 2.01. The zero-order valence-electron chi connectivity index (χ0n) is 9.89. The number of amides is 1. The molecule has 0 spiro atoms. The molecule has 2 rings (SSSR count). The Kier molecular flexibility index (Phi) is 3.05. The third kappa shape index (κ3) is 2.73. The quantitative estimate of drug-likeness (QED) is 0.797. The minimum absolute atomic E-state index is 0.388. The lowest BCUT2D eigenvalue weighted by Gasteiger charge is -1.92. The number of benzene rings is 1. The van der Waals surface area contributed by atoms with Gasteiger partial charge in [-0.25, -0.2) is 4.21 Å². The van der Waals surface area contributed by atoms with Gasteiger partial charge in [0.1, 0.15) is 0 Å². The predicted molar refractivity (Wildman–Crippen MR) is 73.3 cm³/mol. The zero-order valence-corrected chi connectivity index (χ0v) is 11.5. The molecule has 2 aromatic rings. The first-order valence-corrected chi connectivity index (χ1v) is 8.22. The molecule has 0 bridgehead atoms. The van der Waals surface area contributed by atoms with Crippen molar-refractivity contribution in [3.8, 4) is 0 Å². The molecular weight excluding hydrogens is 254 g/mol. The fraction of sp³-hybridized carbons (Fsp3) is 0.250. The summed E-state index contributed by atoms with van der Waals surface area (Å²) in [5.74, 6) is -0.388. The van der Waals surface area contributed by atoms with Crippen molar-refractivity contribution in [2.24, 2.45) is 4.36 Å². The van der Waals surface area contributed by atoms with Crippen LogP contribution in [-0.2, 0) is 9.73 Å². The van der Waals surface area contributed by atoms with E-state index in [-0.39, 0.29) is 5.91 Å². The Morgan fingerprint density at radius 2 is 2.06 bits per heavy atom. The van der Waals surface area contributed by atoms with Gasteiger partial charge < -0.3 is 0 Å². The molecule has 1 aromatic carbocycles. The van der Waals surface area contributed by atoms with Crippen molar-refractivity contribution in [3.05, 3.63) is 34.7 Å². The molecule has 17 heavy (non-hydrogen) atoms. The molecule has 3 nitrogen and oxygen atoms in total. The molecular formula is C12H13NO2S2. The van der Waals surface area contributed by atoms with Gasteiger partial charge in [0.05, 0.1) is 4.88 Å². The monoisotopic (exact) mass is 267 g/mol. The van der Waals surface area contributed by atoms with Crippen LogP contribution in [0.15, 0.2) is 28.6 Å². The average Bonchev–Trinajstić information content (AvgIpc) is 2.60. The van der Waals surface area contributed by atoms with Crippen molar-refractivity contribution in [1.82, 2.24) is 0 Å². The number of fused-ring (bicyclic) bond motifs is 1. The minimum Gasteiger partial charge on any atom is -0.265 e. The summed E-state index contributed by atoms with van der Waals surface area (Å²) in [5, 5.41) is 1.03. The van der Waals surface area contributed by atoms with Crippen LogP contribution in [-0.4, -0.2) is 22.6 Å². The second kappa shape index (κ2) is 4.23. The molecule has 90 valence electrons. The lowest BCUT2D eigenvalue weighted by molar-refractivity contribution is 0.101. The van der Waals surface area contributed by atoms with E-state index in [1.807, 2.05) is 31.2 Å². The van der Waals surface area contributed by atoms with E-state index in [1.165, 1.54) is 23.8 Å². The van der Waals surface area contributed by atoms with E-state index in [4.69, 9.17) is 0 Å². The third-order valence-corrected chi connectivity index (χ3v) is 4.13. The molecule has 1 aromatic heterocycles. The van der Waals surface area contributed by atoms with E-state index < -0.39 is 9.73 Å². The Balaban J connectivity index is 2.55. The van der Waals surface area contributed by atoms with Crippen LogP contribution >= 0.6 is 11.3 Å². The number of carbonyl (C=O) groups excluding carboxylic acids is 1. The summed E-state index contributed by atoms with van der Waals surface area (Å²) in [5.41, 5.74) is 1.14. The number of thiophene rings is 1. The van der Waals surface area contributed by atoms with E-state index in [0.29, 0.717) is 4.88 Å². The van der Waals surface area contributed by atoms with Crippen molar-refractivity contribution in [2.75, 3.05) is 12.5 Å². The minimum atomic E-state index is -2.39. The normalized spacial score (nSPS) is 11.7. The molecule has 0 atom stereocenters. The Hall–Kier alpha value is -1.20. The molecule has 0 aliphatic carbocycles. The van der Waals surface area contributed by atoms with Crippen molar-refractivity contribution in [3.63, 3.8) is 0 Å². The average molecular weight is 267 g/mol. The lowest BCUT2D eigenvalue weighted by atomic mass is 10.2. The van der Waals surface area contributed by atoms with E-state index >= 15 is 0 Å². The maximum Gasteiger partial charge on any atom is 0.295 e. The summed E-state index contributed by atoms with van der Waals surface area (Å²) >= 11 is 1.40. The molecule has 0 saturated heterocycles. The van der Waals surface area contributed by atoms with E-state index in [1.54, 1.807) is 0 Å². The van der Waals surface area contributed by atoms with E-state index in [9.17, 15) is 9.00 Å². The van der Waals surface area contributed by atoms with Gasteiger partial charge in [0.2, 0.25) is 0 Å². The van der Waals surface area contributed by atoms with Gasteiger partial charge in [0.25, 0.3) is 5.91 Å². The molecule has 0 saturated carbocycles. The van der Waals surface area contributed by atoms with Crippen LogP contribution < -0.4 is 0 Å². The Morgan fingerprint density at radius 1 is 1.35 bits per heavy atom. The maximum atomic E-state index is 11.8. The van der Waals surface area contributed by atoms with Crippen molar-refractivity contribution in [2.45, 2.75) is 6.92 Å². The Labute approximate surface area is 105 Å².